The third-order valence-electron chi connectivity index (χ3n) is 7.46. The van der Waals surface area contributed by atoms with Gasteiger partial charge in [0.2, 0.25) is 5.91 Å². The molecule has 0 unspecified atom stereocenters. The van der Waals surface area contributed by atoms with Gasteiger partial charge >= 0.3 is 0 Å². The topological polar surface area (TPSA) is 89.3 Å². The fraction of sp³-hybridized carbons (Fsp3) is 0.500. The van der Waals surface area contributed by atoms with Crippen LogP contribution in [0, 0.1) is 5.92 Å². The highest BCUT2D eigenvalue weighted by Crippen LogP contribution is 2.33. The lowest BCUT2D eigenvalue weighted by Crippen LogP contribution is -2.29. The van der Waals surface area contributed by atoms with Crippen molar-refractivity contribution >= 4 is 28.5 Å². The van der Waals surface area contributed by atoms with Gasteiger partial charge in [-0.15, -0.1) is 0 Å². The number of hydrogen-bond donors (Lipinski definition) is 1. The number of imidazole rings is 1. The number of pyridine rings is 1. The lowest BCUT2D eigenvalue weighted by Gasteiger charge is -2.19. The van der Waals surface area contributed by atoms with Gasteiger partial charge in [0.05, 0.1) is 16.6 Å². The molecule has 8 heteroatoms. The van der Waals surface area contributed by atoms with Gasteiger partial charge < -0.3 is 19.5 Å². The Morgan fingerprint density at radius 1 is 1.17 bits per heavy atom. The number of fused-ring (bicyclic) bond motifs is 1. The molecule has 1 aromatic carbocycles. The average Bonchev–Trinajstić information content (AvgIpc) is 3.65. The lowest BCUT2D eigenvalue weighted by atomic mass is 10.0. The van der Waals surface area contributed by atoms with Crippen molar-refractivity contribution in [3.8, 4) is 0 Å². The third kappa shape index (κ3) is 5.28. The Morgan fingerprint density at radius 3 is 2.72 bits per heavy atom. The molecule has 1 saturated heterocycles. The molecule has 8 nitrogen and oxygen atoms in total. The number of nitrogens with zero attached hydrogens (tertiary/aromatic N) is 4. The second kappa shape index (κ2) is 10.8. The zero-order valence-corrected chi connectivity index (χ0v) is 21.2. The number of likely N-dealkylation sites (N-methyl/N-ethyl adjacent to an activating group) is 1. The van der Waals surface area contributed by atoms with Crippen LogP contribution in [0.4, 0.5) is 5.69 Å². The summed E-state index contributed by atoms with van der Waals surface area (Å²) in [7, 11) is 3.75. The van der Waals surface area contributed by atoms with Gasteiger partial charge in [-0.25, -0.2) is 4.98 Å². The van der Waals surface area contributed by atoms with Gasteiger partial charge in [0.25, 0.3) is 5.91 Å². The quantitative estimate of drug-likeness (QED) is 0.497. The Kier molecular flexibility index (Phi) is 7.32. The molecule has 1 aliphatic heterocycles. The standard InChI is InChI=1S/C28H35N5O3/c1-32(14-12-20-10-5-6-13-29-20)28(35)22-17-21(30-25(34)16-19-8-3-4-9-19)18-23-26(22)33(2)27(31-23)24-11-7-15-36-24/h5-6,10,13,17-19,24H,3-4,7-9,11-12,14-16H2,1-2H3,(H,30,34)/t24-/m0/s1. The van der Waals surface area contributed by atoms with Crippen molar-refractivity contribution in [1.29, 1.82) is 0 Å². The molecule has 0 spiro atoms. The Bertz CT molecular complexity index is 1230. The van der Waals surface area contributed by atoms with E-state index in [9.17, 15) is 9.59 Å². The SMILES string of the molecule is CN(CCc1ccccn1)C(=O)c1cc(NC(=O)CC2CCCC2)cc2nc([C@@H]3CCCO3)n(C)c12. The maximum atomic E-state index is 13.7. The van der Waals surface area contributed by atoms with Crippen molar-refractivity contribution in [2.24, 2.45) is 13.0 Å². The van der Waals surface area contributed by atoms with Gasteiger partial charge in [0, 0.05) is 57.7 Å². The number of aromatic nitrogens is 3. The van der Waals surface area contributed by atoms with E-state index in [0.29, 0.717) is 42.1 Å². The molecule has 3 aromatic rings. The van der Waals surface area contributed by atoms with Crippen LogP contribution in [0.15, 0.2) is 36.5 Å². The summed E-state index contributed by atoms with van der Waals surface area (Å²) in [6.07, 6.45) is 9.41. The molecule has 5 rings (SSSR count). The molecule has 2 aromatic heterocycles. The molecule has 0 bridgehead atoms. The van der Waals surface area contributed by atoms with Crippen LogP contribution in [0.25, 0.3) is 11.0 Å². The first kappa shape index (κ1) is 24.4. The largest absolute Gasteiger partial charge is 0.370 e. The number of carbonyl (C=O) groups is 2. The van der Waals surface area contributed by atoms with Gasteiger partial charge in [-0.3, -0.25) is 14.6 Å². The smallest absolute Gasteiger partial charge is 0.255 e. The molecule has 1 aliphatic carbocycles. The van der Waals surface area contributed by atoms with Crippen molar-refractivity contribution < 1.29 is 14.3 Å². The number of nitrogens with one attached hydrogen (secondary N) is 1. The van der Waals surface area contributed by atoms with E-state index >= 15 is 0 Å². The highest BCUT2D eigenvalue weighted by Gasteiger charge is 2.27. The van der Waals surface area contributed by atoms with Crippen LogP contribution in [0.2, 0.25) is 0 Å². The van der Waals surface area contributed by atoms with Gasteiger partial charge in [-0.1, -0.05) is 18.9 Å². The second-order valence-corrected chi connectivity index (χ2v) is 10.1. The van der Waals surface area contributed by atoms with Gasteiger partial charge in [0.1, 0.15) is 11.9 Å². The number of anilines is 1. The summed E-state index contributed by atoms with van der Waals surface area (Å²) in [4.78, 5) is 37.5. The molecule has 2 aliphatic rings. The van der Waals surface area contributed by atoms with E-state index < -0.39 is 0 Å². The Labute approximate surface area is 212 Å². The average molecular weight is 490 g/mol. The minimum atomic E-state index is -0.107. The van der Waals surface area contributed by atoms with Crippen LogP contribution in [0.1, 0.15) is 72.9 Å². The number of aryl methyl sites for hydroxylation is 1. The molecule has 1 saturated carbocycles. The van der Waals surface area contributed by atoms with E-state index in [0.717, 1.165) is 49.3 Å². The molecule has 0 radical (unpaired) electrons. The number of hydrogen-bond acceptors (Lipinski definition) is 5. The first-order valence-corrected chi connectivity index (χ1v) is 13.1. The number of rotatable bonds is 8. The molecule has 3 heterocycles. The number of benzene rings is 1. The van der Waals surface area contributed by atoms with Crippen molar-refractivity contribution in [2.75, 3.05) is 25.5 Å². The molecule has 190 valence electrons. The Hall–Kier alpha value is -3.26. The maximum absolute atomic E-state index is 13.7. The van der Waals surface area contributed by atoms with E-state index in [4.69, 9.17) is 9.72 Å². The van der Waals surface area contributed by atoms with Crippen molar-refractivity contribution in [3.05, 3.63) is 53.6 Å². The monoisotopic (exact) mass is 489 g/mol. The summed E-state index contributed by atoms with van der Waals surface area (Å²) in [5.74, 6) is 1.17. The molecular weight excluding hydrogens is 454 g/mol. The van der Waals surface area contributed by atoms with Crippen LogP contribution >= 0.6 is 0 Å². The van der Waals surface area contributed by atoms with E-state index in [1.54, 1.807) is 24.2 Å². The van der Waals surface area contributed by atoms with E-state index in [2.05, 4.69) is 10.3 Å². The Balaban J connectivity index is 1.44. The predicted octanol–water partition coefficient (Wildman–Crippen LogP) is 4.65. The van der Waals surface area contributed by atoms with Crippen LogP contribution in [-0.2, 0) is 23.0 Å². The zero-order chi connectivity index (χ0) is 25.1. The minimum Gasteiger partial charge on any atom is -0.370 e. The molecule has 1 N–H and O–H groups in total. The first-order chi connectivity index (χ1) is 17.5. The summed E-state index contributed by atoms with van der Waals surface area (Å²) >= 11 is 0. The van der Waals surface area contributed by atoms with Crippen LogP contribution in [0.5, 0.6) is 0 Å². The van der Waals surface area contributed by atoms with E-state index in [1.807, 2.05) is 35.9 Å². The number of amides is 2. The highest BCUT2D eigenvalue weighted by molar-refractivity contribution is 6.07. The summed E-state index contributed by atoms with van der Waals surface area (Å²) in [6.45, 7) is 1.25. The van der Waals surface area contributed by atoms with Crippen LogP contribution < -0.4 is 5.32 Å². The summed E-state index contributed by atoms with van der Waals surface area (Å²) in [5, 5.41) is 3.05. The first-order valence-electron chi connectivity index (χ1n) is 13.1. The molecular formula is C28H35N5O3. The fourth-order valence-corrected chi connectivity index (χ4v) is 5.50. The summed E-state index contributed by atoms with van der Waals surface area (Å²) < 4.78 is 7.88. The number of carbonyl (C=O) groups excluding carboxylic acids is 2. The zero-order valence-electron chi connectivity index (χ0n) is 21.2. The third-order valence-corrected chi connectivity index (χ3v) is 7.46. The molecule has 2 amide bonds. The second-order valence-electron chi connectivity index (χ2n) is 10.1. The Morgan fingerprint density at radius 2 is 2.00 bits per heavy atom. The van der Waals surface area contributed by atoms with Crippen molar-refractivity contribution in [2.45, 2.75) is 57.5 Å². The molecule has 1 atom stereocenters. The van der Waals surface area contributed by atoms with E-state index in [-0.39, 0.29) is 17.9 Å². The molecule has 36 heavy (non-hydrogen) atoms. The predicted molar refractivity (Wildman–Crippen MR) is 139 cm³/mol. The summed E-state index contributed by atoms with van der Waals surface area (Å²) in [6, 6.07) is 9.48. The lowest BCUT2D eigenvalue weighted by molar-refractivity contribution is -0.117. The van der Waals surface area contributed by atoms with Crippen LogP contribution in [-0.4, -0.2) is 51.4 Å². The van der Waals surface area contributed by atoms with Crippen molar-refractivity contribution in [3.63, 3.8) is 0 Å². The van der Waals surface area contributed by atoms with Gasteiger partial charge in [-0.05, 0) is 55.9 Å². The van der Waals surface area contributed by atoms with Gasteiger partial charge in [0.15, 0.2) is 0 Å². The highest BCUT2D eigenvalue weighted by atomic mass is 16.5. The minimum absolute atomic E-state index is 0.00145. The maximum Gasteiger partial charge on any atom is 0.255 e. The normalized spacial score (nSPS) is 18.1. The van der Waals surface area contributed by atoms with E-state index in [1.165, 1.54) is 12.8 Å². The fourth-order valence-electron chi connectivity index (χ4n) is 5.50. The summed E-state index contributed by atoms with van der Waals surface area (Å²) in [5.41, 5.74) is 3.55. The van der Waals surface area contributed by atoms with Crippen molar-refractivity contribution in [1.82, 2.24) is 19.4 Å². The molecule has 2 fully saturated rings. The van der Waals surface area contributed by atoms with Crippen LogP contribution in [0.3, 0.4) is 0 Å². The number of ether oxygens (including phenoxy) is 1. The van der Waals surface area contributed by atoms with Gasteiger partial charge in [-0.2, -0.15) is 0 Å².